The van der Waals surface area contributed by atoms with E-state index in [9.17, 15) is 4.79 Å². The first kappa shape index (κ1) is 11.5. The van der Waals surface area contributed by atoms with Crippen LogP contribution < -0.4 is 16.0 Å². The van der Waals surface area contributed by atoms with E-state index in [0.717, 1.165) is 25.9 Å². The highest BCUT2D eigenvalue weighted by atomic mass is 16.1. The molecule has 1 fully saturated rings. The van der Waals surface area contributed by atoms with Gasteiger partial charge in [0.25, 0.3) is 0 Å². The highest BCUT2D eigenvalue weighted by Crippen LogP contribution is 2.00. The number of carbonyl (C=O) groups is 1. The lowest BCUT2D eigenvalue weighted by molar-refractivity contribution is -0.120. The first-order chi connectivity index (χ1) is 6.68. The van der Waals surface area contributed by atoms with Crippen LogP contribution >= 0.6 is 0 Å². The van der Waals surface area contributed by atoms with Crippen LogP contribution in [0.2, 0.25) is 0 Å². The van der Waals surface area contributed by atoms with Gasteiger partial charge in [-0.1, -0.05) is 0 Å². The van der Waals surface area contributed by atoms with E-state index in [0.29, 0.717) is 12.6 Å². The van der Waals surface area contributed by atoms with E-state index in [-0.39, 0.29) is 11.9 Å². The van der Waals surface area contributed by atoms with Crippen LogP contribution in [-0.2, 0) is 4.79 Å². The number of carbonyl (C=O) groups excluding carboxylic acids is 1. The summed E-state index contributed by atoms with van der Waals surface area (Å²) in [7, 11) is 0. The molecule has 3 N–H and O–H groups in total. The molecule has 1 rings (SSSR count). The van der Waals surface area contributed by atoms with Crippen LogP contribution in [0, 0.1) is 0 Å². The Kier molecular flexibility index (Phi) is 4.90. The Morgan fingerprint density at radius 3 is 2.64 bits per heavy atom. The van der Waals surface area contributed by atoms with Crippen molar-refractivity contribution in [1.82, 2.24) is 16.0 Å². The van der Waals surface area contributed by atoms with Crippen molar-refractivity contribution in [3.8, 4) is 0 Å². The van der Waals surface area contributed by atoms with Crippen molar-refractivity contribution in [1.29, 1.82) is 0 Å². The standard InChI is InChI=1S/C10H21N3O/c1-8(2)13-10(14)7-12-9-3-5-11-6-4-9/h8-9,11-12H,3-7H2,1-2H3,(H,13,14). The molecule has 0 aliphatic carbocycles. The number of piperidine rings is 1. The quantitative estimate of drug-likeness (QED) is 0.590. The lowest BCUT2D eigenvalue weighted by Gasteiger charge is -2.23. The van der Waals surface area contributed by atoms with Crippen molar-refractivity contribution in [2.24, 2.45) is 0 Å². The molecule has 0 aromatic heterocycles. The van der Waals surface area contributed by atoms with Crippen LogP contribution in [0.5, 0.6) is 0 Å². The van der Waals surface area contributed by atoms with E-state index in [4.69, 9.17) is 0 Å². The van der Waals surface area contributed by atoms with Gasteiger partial charge in [-0.3, -0.25) is 4.79 Å². The number of hydrogen-bond donors (Lipinski definition) is 3. The van der Waals surface area contributed by atoms with Gasteiger partial charge < -0.3 is 16.0 Å². The maximum Gasteiger partial charge on any atom is 0.234 e. The second-order valence-corrected chi connectivity index (χ2v) is 4.13. The Morgan fingerprint density at radius 2 is 2.07 bits per heavy atom. The maximum atomic E-state index is 11.3. The largest absolute Gasteiger partial charge is 0.353 e. The average Bonchev–Trinajstić information content (AvgIpc) is 2.15. The SMILES string of the molecule is CC(C)NC(=O)CNC1CCNCC1. The second-order valence-electron chi connectivity index (χ2n) is 4.13. The van der Waals surface area contributed by atoms with Crippen molar-refractivity contribution in [3.63, 3.8) is 0 Å². The molecule has 1 saturated heterocycles. The van der Waals surface area contributed by atoms with Crippen LogP contribution in [0.3, 0.4) is 0 Å². The molecule has 0 saturated carbocycles. The topological polar surface area (TPSA) is 53.2 Å². The van der Waals surface area contributed by atoms with Crippen LogP contribution in [0.15, 0.2) is 0 Å². The lowest BCUT2D eigenvalue weighted by atomic mass is 10.1. The van der Waals surface area contributed by atoms with Gasteiger partial charge in [0.05, 0.1) is 6.54 Å². The molecule has 0 spiro atoms. The Labute approximate surface area is 85.8 Å². The molecule has 1 amide bonds. The molecule has 82 valence electrons. The zero-order valence-electron chi connectivity index (χ0n) is 9.10. The molecule has 14 heavy (non-hydrogen) atoms. The highest BCUT2D eigenvalue weighted by Gasteiger charge is 2.13. The van der Waals surface area contributed by atoms with Gasteiger partial charge in [0.2, 0.25) is 5.91 Å². The normalized spacial score (nSPS) is 18.5. The van der Waals surface area contributed by atoms with E-state index in [1.807, 2.05) is 13.8 Å². The highest BCUT2D eigenvalue weighted by molar-refractivity contribution is 5.78. The Morgan fingerprint density at radius 1 is 1.43 bits per heavy atom. The molecule has 0 radical (unpaired) electrons. The van der Waals surface area contributed by atoms with E-state index < -0.39 is 0 Å². The van der Waals surface area contributed by atoms with Crippen molar-refractivity contribution >= 4 is 5.91 Å². The average molecular weight is 199 g/mol. The predicted octanol–water partition coefficient (Wildman–Crippen LogP) is -0.147. The summed E-state index contributed by atoms with van der Waals surface area (Å²) in [6.07, 6.45) is 2.24. The van der Waals surface area contributed by atoms with Crippen molar-refractivity contribution < 1.29 is 4.79 Å². The smallest absolute Gasteiger partial charge is 0.234 e. The molecule has 4 nitrogen and oxygen atoms in total. The minimum absolute atomic E-state index is 0.0959. The minimum atomic E-state index is 0.0959. The van der Waals surface area contributed by atoms with Gasteiger partial charge in [0.15, 0.2) is 0 Å². The summed E-state index contributed by atoms with van der Waals surface area (Å²) in [6.45, 7) is 6.51. The first-order valence-corrected chi connectivity index (χ1v) is 5.42. The summed E-state index contributed by atoms with van der Waals surface area (Å²) in [6, 6.07) is 0.742. The fourth-order valence-corrected chi connectivity index (χ4v) is 1.64. The fraction of sp³-hybridized carbons (Fsp3) is 0.900. The molecule has 0 aromatic carbocycles. The molecular formula is C10H21N3O. The Hall–Kier alpha value is -0.610. The fourth-order valence-electron chi connectivity index (χ4n) is 1.64. The van der Waals surface area contributed by atoms with Crippen LogP contribution in [0.25, 0.3) is 0 Å². The summed E-state index contributed by atoms with van der Waals surface area (Å²) in [5.74, 6) is 0.0959. The Bertz CT molecular complexity index is 176. The molecule has 4 heteroatoms. The molecule has 0 unspecified atom stereocenters. The molecule has 0 atom stereocenters. The number of amides is 1. The lowest BCUT2D eigenvalue weighted by Crippen LogP contribution is -2.45. The van der Waals surface area contributed by atoms with Crippen molar-refractivity contribution in [2.75, 3.05) is 19.6 Å². The molecule has 1 aliphatic heterocycles. The van der Waals surface area contributed by atoms with Crippen LogP contribution in [-0.4, -0.2) is 37.6 Å². The third kappa shape index (κ3) is 4.58. The van der Waals surface area contributed by atoms with E-state index in [1.165, 1.54) is 0 Å². The minimum Gasteiger partial charge on any atom is -0.353 e. The Balaban J connectivity index is 2.09. The molecule has 1 heterocycles. The molecule has 0 bridgehead atoms. The summed E-state index contributed by atoms with van der Waals surface area (Å²) in [5.41, 5.74) is 0. The van der Waals surface area contributed by atoms with Gasteiger partial charge in [-0.05, 0) is 39.8 Å². The van der Waals surface area contributed by atoms with Gasteiger partial charge >= 0.3 is 0 Å². The molecule has 1 aliphatic rings. The summed E-state index contributed by atoms with van der Waals surface area (Å²) in [5, 5.41) is 9.43. The monoisotopic (exact) mass is 199 g/mol. The van der Waals surface area contributed by atoms with E-state index in [2.05, 4.69) is 16.0 Å². The van der Waals surface area contributed by atoms with E-state index >= 15 is 0 Å². The second kappa shape index (κ2) is 5.98. The van der Waals surface area contributed by atoms with Gasteiger partial charge in [0.1, 0.15) is 0 Å². The number of hydrogen-bond acceptors (Lipinski definition) is 3. The first-order valence-electron chi connectivity index (χ1n) is 5.42. The van der Waals surface area contributed by atoms with Crippen LogP contribution in [0.4, 0.5) is 0 Å². The molecule has 0 aromatic rings. The zero-order chi connectivity index (χ0) is 10.4. The summed E-state index contributed by atoms with van der Waals surface area (Å²) >= 11 is 0. The zero-order valence-corrected chi connectivity index (χ0v) is 9.10. The summed E-state index contributed by atoms with van der Waals surface area (Å²) < 4.78 is 0. The van der Waals surface area contributed by atoms with Gasteiger partial charge in [0, 0.05) is 12.1 Å². The van der Waals surface area contributed by atoms with E-state index in [1.54, 1.807) is 0 Å². The van der Waals surface area contributed by atoms with Gasteiger partial charge in [-0.25, -0.2) is 0 Å². The number of rotatable bonds is 4. The maximum absolute atomic E-state index is 11.3. The van der Waals surface area contributed by atoms with Gasteiger partial charge in [-0.15, -0.1) is 0 Å². The number of nitrogens with one attached hydrogen (secondary N) is 3. The third-order valence-corrected chi connectivity index (χ3v) is 2.34. The van der Waals surface area contributed by atoms with Gasteiger partial charge in [-0.2, -0.15) is 0 Å². The van der Waals surface area contributed by atoms with Crippen LogP contribution in [0.1, 0.15) is 26.7 Å². The van der Waals surface area contributed by atoms with Crippen molar-refractivity contribution in [2.45, 2.75) is 38.8 Å². The third-order valence-electron chi connectivity index (χ3n) is 2.34. The van der Waals surface area contributed by atoms with Crippen molar-refractivity contribution in [3.05, 3.63) is 0 Å². The molecular weight excluding hydrogens is 178 g/mol. The predicted molar refractivity (Wildman–Crippen MR) is 57.2 cm³/mol. The summed E-state index contributed by atoms with van der Waals surface area (Å²) in [4.78, 5) is 11.3.